The second-order valence-corrected chi connectivity index (χ2v) is 7.70. The lowest BCUT2D eigenvalue weighted by atomic mass is 9.99. The molecule has 1 amide bonds. The van der Waals surface area contributed by atoms with E-state index in [0.29, 0.717) is 24.7 Å². The molecular weight excluding hydrogens is 332 g/mol. The van der Waals surface area contributed by atoms with Gasteiger partial charge >= 0.3 is 6.09 Å². The van der Waals surface area contributed by atoms with Gasteiger partial charge in [0.25, 0.3) is 0 Å². The van der Waals surface area contributed by atoms with Crippen LogP contribution in [0.3, 0.4) is 0 Å². The zero-order valence-electron chi connectivity index (χ0n) is 15.6. The van der Waals surface area contributed by atoms with Gasteiger partial charge in [-0.2, -0.15) is 0 Å². The van der Waals surface area contributed by atoms with Crippen LogP contribution in [0.25, 0.3) is 11.0 Å². The first-order valence-electron chi connectivity index (χ1n) is 8.93. The fourth-order valence-electron chi connectivity index (χ4n) is 2.98. The van der Waals surface area contributed by atoms with Crippen LogP contribution in [0.15, 0.2) is 24.4 Å². The van der Waals surface area contributed by atoms with Gasteiger partial charge in [-0.1, -0.05) is 0 Å². The number of carbonyl (C=O) groups is 1. The van der Waals surface area contributed by atoms with E-state index in [1.54, 1.807) is 23.2 Å². The monoisotopic (exact) mass is 358 g/mol. The van der Waals surface area contributed by atoms with Gasteiger partial charge in [0.15, 0.2) is 0 Å². The molecule has 1 aromatic heterocycles. The molecule has 1 aromatic carbocycles. The van der Waals surface area contributed by atoms with Crippen LogP contribution in [0.5, 0.6) is 5.88 Å². The molecule has 1 unspecified atom stereocenters. The highest BCUT2D eigenvalue weighted by atomic mass is 16.6. The molecule has 140 valence electrons. The van der Waals surface area contributed by atoms with Gasteiger partial charge in [0.2, 0.25) is 5.88 Å². The van der Waals surface area contributed by atoms with E-state index < -0.39 is 5.60 Å². The van der Waals surface area contributed by atoms with E-state index in [1.807, 2.05) is 26.8 Å². The summed E-state index contributed by atoms with van der Waals surface area (Å²) >= 11 is 0. The average Bonchev–Trinajstić information content (AvgIpc) is 2.58. The van der Waals surface area contributed by atoms with E-state index in [-0.39, 0.29) is 12.0 Å². The number of ether oxygens (including phenoxy) is 2. The van der Waals surface area contributed by atoms with E-state index in [1.165, 1.54) is 0 Å². The van der Waals surface area contributed by atoms with Crippen molar-refractivity contribution in [3.63, 3.8) is 0 Å². The number of likely N-dealkylation sites (tertiary alicyclic amines) is 1. The van der Waals surface area contributed by atoms with Crippen molar-refractivity contribution in [2.24, 2.45) is 5.92 Å². The number of fused-ring (bicyclic) bond motifs is 1. The Morgan fingerprint density at radius 3 is 2.92 bits per heavy atom. The van der Waals surface area contributed by atoms with Crippen LogP contribution >= 0.6 is 0 Å². The predicted molar refractivity (Wildman–Crippen MR) is 100.0 cm³/mol. The van der Waals surface area contributed by atoms with Crippen molar-refractivity contribution >= 4 is 22.8 Å². The summed E-state index contributed by atoms with van der Waals surface area (Å²) in [5.41, 5.74) is 7.42. The number of nitrogens with two attached hydrogens (primary N) is 1. The summed E-state index contributed by atoms with van der Waals surface area (Å²) in [6.45, 7) is 7.48. The molecule has 2 aromatic rings. The van der Waals surface area contributed by atoms with E-state index in [9.17, 15) is 4.79 Å². The minimum atomic E-state index is -0.482. The molecule has 1 aliphatic rings. The largest absolute Gasteiger partial charge is 0.476 e. The molecule has 7 nitrogen and oxygen atoms in total. The molecule has 7 heteroatoms. The van der Waals surface area contributed by atoms with Crippen molar-refractivity contribution in [3.8, 4) is 5.88 Å². The van der Waals surface area contributed by atoms with E-state index >= 15 is 0 Å². The maximum absolute atomic E-state index is 12.2. The fourth-order valence-corrected chi connectivity index (χ4v) is 2.98. The van der Waals surface area contributed by atoms with Crippen LogP contribution in [-0.2, 0) is 4.74 Å². The Labute approximate surface area is 153 Å². The summed E-state index contributed by atoms with van der Waals surface area (Å²) in [6.07, 6.45) is 3.30. The molecule has 26 heavy (non-hydrogen) atoms. The highest BCUT2D eigenvalue weighted by Gasteiger charge is 2.28. The minimum absolute atomic E-state index is 0.250. The number of hydrogen-bond donors (Lipinski definition) is 1. The van der Waals surface area contributed by atoms with E-state index in [4.69, 9.17) is 15.2 Å². The van der Waals surface area contributed by atoms with Crippen molar-refractivity contribution in [3.05, 3.63) is 24.4 Å². The molecule has 0 spiro atoms. The number of aromatic nitrogens is 2. The maximum atomic E-state index is 12.2. The summed E-state index contributed by atoms with van der Waals surface area (Å²) in [5.74, 6) is 0.733. The van der Waals surface area contributed by atoms with Gasteiger partial charge < -0.3 is 20.1 Å². The first-order valence-corrected chi connectivity index (χ1v) is 8.93. The van der Waals surface area contributed by atoms with Gasteiger partial charge in [0, 0.05) is 24.7 Å². The smallest absolute Gasteiger partial charge is 0.410 e. The molecule has 0 bridgehead atoms. The zero-order valence-corrected chi connectivity index (χ0v) is 15.6. The van der Waals surface area contributed by atoms with Crippen LogP contribution in [0, 0.1) is 5.92 Å². The molecule has 1 fully saturated rings. The molecule has 1 aliphatic heterocycles. The SMILES string of the molecule is CC(C)(C)OC(=O)N1CCCC(COc2cnc3cc(N)ccc3n2)C1. The topological polar surface area (TPSA) is 90.6 Å². The van der Waals surface area contributed by atoms with Crippen molar-refractivity contribution in [2.75, 3.05) is 25.4 Å². The van der Waals surface area contributed by atoms with Crippen LogP contribution in [-0.4, -0.2) is 46.3 Å². The summed E-state index contributed by atoms with van der Waals surface area (Å²) in [5, 5.41) is 0. The molecule has 3 rings (SSSR count). The Balaban J connectivity index is 1.57. The van der Waals surface area contributed by atoms with Gasteiger partial charge in [-0.3, -0.25) is 0 Å². The molecule has 2 heterocycles. The number of piperidine rings is 1. The summed E-state index contributed by atoms with van der Waals surface area (Å²) in [6, 6.07) is 5.40. The third-order valence-corrected chi connectivity index (χ3v) is 4.18. The van der Waals surface area contributed by atoms with Crippen molar-refractivity contribution < 1.29 is 14.3 Å². The molecule has 2 N–H and O–H groups in total. The number of amides is 1. The lowest BCUT2D eigenvalue weighted by molar-refractivity contribution is 0.0138. The van der Waals surface area contributed by atoms with E-state index in [0.717, 1.165) is 30.4 Å². The minimum Gasteiger partial charge on any atom is -0.476 e. The number of anilines is 1. The van der Waals surface area contributed by atoms with Crippen LogP contribution in [0.2, 0.25) is 0 Å². The van der Waals surface area contributed by atoms with Crippen LogP contribution in [0.1, 0.15) is 33.6 Å². The Morgan fingerprint density at radius 2 is 2.15 bits per heavy atom. The molecule has 0 aliphatic carbocycles. The lowest BCUT2D eigenvalue weighted by Crippen LogP contribution is -2.44. The van der Waals surface area contributed by atoms with Crippen molar-refractivity contribution in [1.29, 1.82) is 0 Å². The third kappa shape index (κ3) is 4.74. The second kappa shape index (κ2) is 7.35. The highest BCUT2D eigenvalue weighted by molar-refractivity contribution is 5.78. The van der Waals surface area contributed by atoms with Crippen molar-refractivity contribution in [1.82, 2.24) is 14.9 Å². The summed E-state index contributed by atoms with van der Waals surface area (Å²) < 4.78 is 11.3. The lowest BCUT2D eigenvalue weighted by Gasteiger charge is -2.33. The Morgan fingerprint density at radius 1 is 1.35 bits per heavy atom. The number of rotatable bonds is 3. The summed E-state index contributed by atoms with van der Waals surface area (Å²) in [7, 11) is 0. The predicted octanol–water partition coefficient (Wildman–Crippen LogP) is 3.24. The van der Waals surface area contributed by atoms with Gasteiger partial charge in [0.1, 0.15) is 5.60 Å². The molecular formula is C19H26N4O3. The van der Waals surface area contributed by atoms with E-state index in [2.05, 4.69) is 9.97 Å². The summed E-state index contributed by atoms with van der Waals surface area (Å²) in [4.78, 5) is 22.8. The number of benzene rings is 1. The first-order chi connectivity index (χ1) is 12.3. The van der Waals surface area contributed by atoms with Crippen LogP contribution < -0.4 is 10.5 Å². The Hall–Kier alpha value is -2.57. The number of carbonyl (C=O) groups excluding carboxylic acids is 1. The fraction of sp³-hybridized carbons (Fsp3) is 0.526. The molecule has 0 radical (unpaired) electrons. The Bertz CT molecular complexity index is 788. The molecule has 1 atom stereocenters. The zero-order chi connectivity index (χ0) is 18.7. The normalized spacial score (nSPS) is 18.0. The molecule has 0 saturated carbocycles. The van der Waals surface area contributed by atoms with Crippen LogP contribution in [0.4, 0.5) is 10.5 Å². The number of nitrogens with zero attached hydrogens (tertiary/aromatic N) is 3. The Kier molecular flexibility index (Phi) is 5.15. The van der Waals surface area contributed by atoms with Gasteiger partial charge in [-0.25, -0.2) is 14.8 Å². The third-order valence-electron chi connectivity index (χ3n) is 4.18. The first kappa shape index (κ1) is 18.2. The average molecular weight is 358 g/mol. The number of hydrogen-bond acceptors (Lipinski definition) is 6. The quantitative estimate of drug-likeness (QED) is 0.847. The molecule has 1 saturated heterocycles. The number of nitrogen functional groups attached to an aromatic ring is 1. The van der Waals surface area contributed by atoms with Crippen molar-refractivity contribution in [2.45, 2.75) is 39.2 Å². The van der Waals surface area contributed by atoms with Gasteiger partial charge in [-0.15, -0.1) is 0 Å². The maximum Gasteiger partial charge on any atom is 0.410 e. The standard InChI is InChI=1S/C19H26N4O3/c1-19(2,3)26-18(24)23-8-4-5-13(11-23)12-25-17-10-21-16-9-14(20)6-7-15(16)22-17/h6-7,9-10,13H,4-5,8,11-12,20H2,1-3H3. The highest BCUT2D eigenvalue weighted by Crippen LogP contribution is 2.21. The second-order valence-electron chi connectivity index (χ2n) is 7.70. The van der Waals surface area contributed by atoms with Gasteiger partial charge in [-0.05, 0) is 51.8 Å². The van der Waals surface area contributed by atoms with Gasteiger partial charge in [0.05, 0.1) is 23.8 Å².